The van der Waals surface area contributed by atoms with Crippen molar-refractivity contribution in [2.45, 2.75) is 6.92 Å². The van der Waals surface area contributed by atoms with E-state index in [1.807, 2.05) is 6.92 Å². The van der Waals surface area contributed by atoms with E-state index < -0.39 is 11.8 Å². The van der Waals surface area contributed by atoms with Crippen molar-refractivity contribution in [3.8, 4) is 0 Å². The molecule has 0 amide bonds. The molecule has 0 spiro atoms. The molecular weight excluding hydrogens is 204 g/mol. The van der Waals surface area contributed by atoms with Crippen molar-refractivity contribution >= 4 is 29.1 Å². The summed E-state index contributed by atoms with van der Waals surface area (Å²) < 4.78 is 0. The first kappa shape index (κ1) is 10.5. The fourth-order valence-corrected chi connectivity index (χ4v) is 1.16. The quantitative estimate of drug-likeness (QED) is 0.550. The zero-order valence-electron chi connectivity index (χ0n) is 7.49. The van der Waals surface area contributed by atoms with E-state index in [1.165, 1.54) is 0 Å². The number of hydrogen-bond acceptors (Lipinski definition) is 2. The van der Waals surface area contributed by atoms with Crippen LogP contribution in [-0.2, 0) is 4.79 Å². The number of carboxylic acid groups (broad SMARTS) is 1. The normalized spacial score (nSPS) is 11.4. The molecule has 0 aromatic heterocycles. The minimum absolute atomic E-state index is 0.358. The van der Waals surface area contributed by atoms with Crippen LogP contribution >= 0.6 is 11.6 Å². The third-order valence-corrected chi connectivity index (χ3v) is 1.87. The number of nitrogens with zero attached hydrogens (tertiary/aromatic N) is 1. The number of nitrogens with two attached hydrogens (primary N) is 1. The maximum absolute atomic E-state index is 10.4. The van der Waals surface area contributed by atoms with Gasteiger partial charge >= 0.3 is 5.97 Å². The predicted octanol–water partition coefficient (Wildman–Crippen LogP) is 1.72. The number of aliphatic imine (C=N–C) groups is 1. The Kier molecular flexibility index (Phi) is 3.09. The van der Waals surface area contributed by atoms with Gasteiger partial charge in [-0.3, -0.25) is 0 Å². The Bertz CT molecular complexity index is 402. The van der Waals surface area contributed by atoms with Crippen LogP contribution in [0.4, 0.5) is 5.69 Å². The summed E-state index contributed by atoms with van der Waals surface area (Å²) in [6.07, 6.45) is 0. The molecule has 1 rings (SSSR count). The van der Waals surface area contributed by atoms with Crippen LogP contribution in [-0.4, -0.2) is 16.9 Å². The van der Waals surface area contributed by atoms with E-state index in [0.29, 0.717) is 10.7 Å². The van der Waals surface area contributed by atoms with Gasteiger partial charge in [0.25, 0.3) is 0 Å². The minimum Gasteiger partial charge on any atom is -0.475 e. The Morgan fingerprint density at radius 3 is 2.71 bits per heavy atom. The number of halogens is 1. The standard InChI is InChI=1S/C9H9ClN2O2/c1-5-2-3-7(6(10)4-5)12-8(11)9(13)14/h2-4H,1H3,(H2,11,12)(H,13,14). The summed E-state index contributed by atoms with van der Waals surface area (Å²) in [4.78, 5) is 14.0. The molecule has 14 heavy (non-hydrogen) atoms. The zero-order valence-corrected chi connectivity index (χ0v) is 8.25. The van der Waals surface area contributed by atoms with Crippen LogP contribution in [0.25, 0.3) is 0 Å². The molecule has 1 aromatic carbocycles. The van der Waals surface area contributed by atoms with Gasteiger partial charge in [-0.25, -0.2) is 9.79 Å². The highest BCUT2D eigenvalue weighted by molar-refractivity contribution is 6.36. The van der Waals surface area contributed by atoms with Crippen LogP contribution in [0, 0.1) is 6.92 Å². The van der Waals surface area contributed by atoms with Crippen LogP contribution in [0.2, 0.25) is 5.02 Å². The van der Waals surface area contributed by atoms with Gasteiger partial charge in [0.2, 0.25) is 5.84 Å². The number of benzene rings is 1. The second kappa shape index (κ2) is 4.11. The summed E-state index contributed by atoms with van der Waals surface area (Å²) in [5.74, 6) is -1.74. The van der Waals surface area contributed by atoms with Gasteiger partial charge in [-0.1, -0.05) is 17.7 Å². The second-order valence-corrected chi connectivity index (χ2v) is 3.16. The molecule has 0 fully saturated rings. The Hall–Kier alpha value is -1.55. The Labute approximate surface area is 86.0 Å². The number of aryl methyl sites for hydroxylation is 1. The van der Waals surface area contributed by atoms with E-state index >= 15 is 0 Å². The molecule has 0 unspecified atom stereocenters. The highest BCUT2D eigenvalue weighted by atomic mass is 35.5. The molecule has 5 heteroatoms. The monoisotopic (exact) mass is 212 g/mol. The molecule has 0 aliphatic heterocycles. The van der Waals surface area contributed by atoms with E-state index in [1.54, 1.807) is 18.2 Å². The Morgan fingerprint density at radius 2 is 2.21 bits per heavy atom. The summed E-state index contributed by atoms with van der Waals surface area (Å²) in [5.41, 5.74) is 6.48. The molecule has 0 radical (unpaired) electrons. The van der Waals surface area contributed by atoms with E-state index in [9.17, 15) is 4.79 Å². The summed E-state index contributed by atoms with van der Waals surface area (Å²) in [6.45, 7) is 1.87. The van der Waals surface area contributed by atoms with Crippen molar-refractivity contribution in [2.75, 3.05) is 0 Å². The van der Waals surface area contributed by atoms with E-state index in [0.717, 1.165) is 5.56 Å². The van der Waals surface area contributed by atoms with Gasteiger partial charge in [0.15, 0.2) is 0 Å². The first-order valence-corrected chi connectivity index (χ1v) is 4.22. The summed E-state index contributed by atoms with van der Waals surface area (Å²) in [7, 11) is 0. The maximum atomic E-state index is 10.4. The molecule has 0 saturated carbocycles. The molecule has 0 saturated heterocycles. The van der Waals surface area contributed by atoms with Gasteiger partial charge in [-0.2, -0.15) is 0 Å². The van der Waals surface area contributed by atoms with Crippen molar-refractivity contribution in [1.29, 1.82) is 0 Å². The summed E-state index contributed by atoms with van der Waals surface area (Å²) >= 11 is 5.82. The van der Waals surface area contributed by atoms with Gasteiger partial charge in [0.05, 0.1) is 10.7 Å². The van der Waals surface area contributed by atoms with E-state index in [-0.39, 0.29) is 0 Å². The smallest absolute Gasteiger partial charge is 0.371 e. The second-order valence-electron chi connectivity index (χ2n) is 2.76. The third-order valence-electron chi connectivity index (χ3n) is 1.56. The topological polar surface area (TPSA) is 75.7 Å². The maximum Gasteiger partial charge on any atom is 0.371 e. The third kappa shape index (κ3) is 2.47. The lowest BCUT2D eigenvalue weighted by Gasteiger charge is -1.99. The number of carboxylic acids is 1. The molecule has 0 aliphatic carbocycles. The largest absolute Gasteiger partial charge is 0.475 e. The lowest BCUT2D eigenvalue weighted by Crippen LogP contribution is -2.22. The van der Waals surface area contributed by atoms with Crippen LogP contribution in [0.5, 0.6) is 0 Å². The van der Waals surface area contributed by atoms with Crippen LogP contribution in [0.1, 0.15) is 5.56 Å². The summed E-state index contributed by atoms with van der Waals surface area (Å²) in [6, 6.07) is 5.09. The highest BCUT2D eigenvalue weighted by Gasteiger charge is 2.05. The molecule has 0 heterocycles. The number of hydrogen-bond donors (Lipinski definition) is 2. The SMILES string of the molecule is Cc1ccc(N=C(N)C(=O)O)c(Cl)c1. The number of aliphatic carboxylic acids is 1. The van der Waals surface area contributed by atoms with Crippen LogP contribution in [0.3, 0.4) is 0 Å². The average molecular weight is 213 g/mol. The van der Waals surface area contributed by atoms with Gasteiger partial charge in [-0.05, 0) is 24.6 Å². The highest BCUT2D eigenvalue weighted by Crippen LogP contribution is 2.25. The Morgan fingerprint density at radius 1 is 1.57 bits per heavy atom. The molecule has 3 N–H and O–H groups in total. The first-order chi connectivity index (χ1) is 6.50. The van der Waals surface area contributed by atoms with Crippen LogP contribution < -0.4 is 5.73 Å². The number of rotatable bonds is 1. The average Bonchev–Trinajstić information content (AvgIpc) is 2.09. The van der Waals surface area contributed by atoms with Crippen molar-refractivity contribution in [1.82, 2.24) is 0 Å². The first-order valence-electron chi connectivity index (χ1n) is 3.84. The van der Waals surface area contributed by atoms with Gasteiger partial charge in [-0.15, -0.1) is 0 Å². The molecule has 0 bridgehead atoms. The van der Waals surface area contributed by atoms with Crippen molar-refractivity contribution < 1.29 is 9.90 Å². The van der Waals surface area contributed by atoms with Crippen molar-refractivity contribution in [3.63, 3.8) is 0 Å². The predicted molar refractivity (Wildman–Crippen MR) is 55.1 cm³/mol. The zero-order chi connectivity index (χ0) is 10.7. The van der Waals surface area contributed by atoms with Crippen molar-refractivity contribution in [2.24, 2.45) is 10.7 Å². The van der Waals surface area contributed by atoms with Crippen LogP contribution in [0.15, 0.2) is 23.2 Å². The van der Waals surface area contributed by atoms with E-state index in [4.69, 9.17) is 22.4 Å². The minimum atomic E-state index is -1.26. The molecule has 4 nitrogen and oxygen atoms in total. The lowest BCUT2D eigenvalue weighted by atomic mass is 10.2. The lowest BCUT2D eigenvalue weighted by molar-refractivity contribution is -0.129. The molecule has 1 aromatic rings. The molecule has 0 aliphatic rings. The summed E-state index contributed by atoms with van der Waals surface area (Å²) in [5, 5.41) is 8.87. The van der Waals surface area contributed by atoms with Crippen molar-refractivity contribution in [3.05, 3.63) is 28.8 Å². The molecule has 74 valence electrons. The van der Waals surface area contributed by atoms with Gasteiger partial charge < -0.3 is 10.8 Å². The van der Waals surface area contributed by atoms with Gasteiger partial charge in [0, 0.05) is 0 Å². The van der Waals surface area contributed by atoms with Gasteiger partial charge in [0.1, 0.15) is 0 Å². The number of amidine groups is 1. The molecular formula is C9H9ClN2O2. The fourth-order valence-electron chi connectivity index (χ4n) is 0.880. The fraction of sp³-hybridized carbons (Fsp3) is 0.111. The number of carbonyl (C=O) groups is 1. The van der Waals surface area contributed by atoms with E-state index in [2.05, 4.69) is 4.99 Å². The molecule has 0 atom stereocenters. The Balaban J connectivity index is 3.09.